The predicted molar refractivity (Wildman–Crippen MR) is 59.5 cm³/mol. The fourth-order valence-corrected chi connectivity index (χ4v) is 2.06. The van der Waals surface area contributed by atoms with Crippen LogP contribution >= 0.6 is 0 Å². The molecule has 0 atom stereocenters. The lowest BCUT2D eigenvalue weighted by molar-refractivity contribution is 0.278. The molecule has 90 valence electrons. The van der Waals surface area contributed by atoms with E-state index in [1.165, 1.54) is 0 Å². The Balaban J connectivity index is 1.92. The van der Waals surface area contributed by atoms with Gasteiger partial charge in [0.1, 0.15) is 5.69 Å². The summed E-state index contributed by atoms with van der Waals surface area (Å²) in [6.07, 6.45) is 1.05. The van der Waals surface area contributed by atoms with Crippen LogP contribution in [0.5, 0.6) is 0 Å². The summed E-state index contributed by atoms with van der Waals surface area (Å²) in [6, 6.07) is 2.00. The van der Waals surface area contributed by atoms with Crippen LogP contribution in [-0.4, -0.2) is 48.5 Å². The highest BCUT2D eigenvalue weighted by molar-refractivity contribution is 5.47. The van der Waals surface area contributed by atoms with Gasteiger partial charge in [-0.1, -0.05) is 0 Å². The van der Waals surface area contributed by atoms with Crippen molar-refractivity contribution in [1.82, 2.24) is 35.3 Å². The largest absolute Gasteiger partial charge is 0.318 e. The van der Waals surface area contributed by atoms with Crippen LogP contribution in [0.1, 0.15) is 12.1 Å². The first-order valence-electron chi connectivity index (χ1n) is 5.60. The molecule has 0 radical (unpaired) electrons. The number of aromatic nitrogens is 6. The lowest BCUT2D eigenvalue weighted by Gasteiger charge is -2.15. The quantitative estimate of drug-likeness (QED) is 0.704. The molecule has 8 heteroatoms. The normalized spacial score (nSPS) is 16.8. The zero-order valence-corrected chi connectivity index (χ0v) is 9.37. The Kier molecular flexibility index (Phi) is 2.57. The van der Waals surface area contributed by atoms with Gasteiger partial charge in [0.25, 0.3) is 0 Å². The van der Waals surface area contributed by atoms with Gasteiger partial charge in [-0.25, -0.2) is 0 Å². The number of hydrogen-bond donors (Lipinski definition) is 2. The first-order chi connectivity index (χ1) is 8.36. The summed E-state index contributed by atoms with van der Waals surface area (Å²) in [5, 5.41) is 18.3. The molecule has 0 amide bonds. The molecule has 0 bridgehead atoms. The number of H-pyrrole nitrogens is 1. The van der Waals surface area contributed by atoms with E-state index < -0.39 is 0 Å². The fourth-order valence-electron chi connectivity index (χ4n) is 2.06. The van der Waals surface area contributed by atoms with Gasteiger partial charge in [-0.15, -0.1) is 10.2 Å². The zero-order chi connectivity index (χ0) is 11.7. The topological polar surface area (TPSA) is 102 Å². The molecule has 8 nitrogen and oxygen atoms in total. The molecule has 0 fully saturated rings. The van der Waals surface area contributed by atoms with E-state index in [1.807, 2.05) is 10.7 Å². The Morgan fingerprint density at radius 2 is 2.35 bits per heavy atom. The number of fused-ring (bicyclic) bond motifs is 1. The van der Waals surface area contributed by atoms with Crippen LogP contribution in [0.25, 0.3) is 11.5 Å². The average Bonchev–Trinajstić information content (AvgIpc) is 2.95. The molecule has 0 aromatic carbocycles. The van der Waals surface area contributed by atoms with Crippen molar-refractivity contribution in [3.63, 3.8) is 0 Å². The van der Waals surface area contributed by atoms with Crippen molar-refractivity contribution < 1.29 is 0 Å². The summed E-state index contributed by atoms with van der Waals surface area (Å²) >= 11 is 0. The van der Waals surface area contributed by atoms with E-state index >= 15 is 0 Å². The van der Waals surface area contributed by atoms with Gasteiger partial charge in [0.15, 0.2) is 0 Å². The van der Waals surface area contributed by atoms with Gasteiger partial charge in [-0.2, -0.15) is 10.3 Å². The van der Waals surface area contributed by atoms with Crippen molar-refractivity contribution in [2.45, 2.75) is 19.5 Å². The Bertz CT molecular complexity index is 487. The third kappa shape index (κ3) is 1.92. The third-order valence-corrected chi connectivity index (χ3v) is 2.93. The number of aromatic amines is 1. The van der Waals surface area contributed by atoms with Gasteiger partial charge >= 0.3 is 0 Å². The van der Waals surface area contributed by atoms with E-state index in [2.05, 4.69) is 30.6 Å². The van der Waals surface area contributed by atoms with E-state index in [0.717, 1.165) is 37.4 Å². The van der Waals surface area contributed by atoms with Crippen molar-refractivity contribution in [1.29, 1.82) is 0 Å². The molecule has 2 aromatic heterocycles. The zero-order valence-electron chi connectivity index (χ0n) is 9.37. The fraction of sp³-hybridized carbons (Fsp3) is 0.556. The second kappa shape index (κ2) is 4.22. The van der Waals surface area contributed by atoms with Crippen molar-refractivity contribution in [3.05, 3.63) is 11.8 Å². The number of nitrogens with two attached hydrogens (primary N) is 1. The summed E-state index contributed by atoms with van der Waals surface area (Å²) in [5.74, 6) is 0.532. The van der Waals surface area contributed by atoms with Crippen LogP contribution in [0, 0.1) is 0 Å². The Hall–Kier alpha value is -1.80. The van der Waals surface area contributed by atoms with Gasteiger partial charge in [0, 0.05) is 26.3 Å². The van der Waals surface area contributed by atoms with Gasteiger partial charge in [-0.3, -0.25) is 9.58 Å². The third-order valence-electron chi connectivity index (χ3n) is 2.93. The number of rotatable bonds is 2. The monoisotopic (exact) mass is 234 g/mol. The summed E-state index contributed by atoms with van der Waals surface area (Å²) in [7, 11) is 0. The molecule has 3 N–H and O–H groups in total. The molecular formula is C9H14N8. The number of nitrogens with zero attached hydrogens (tertiary/aromatic N) is 6. The summed E-state index contributed by atoms with van der Waals surface area (Å²) in [6.45, 7) is 3.31. The van der Waals surface area contributed by atoms with Crippen molar-refractivity contribution in [2.24, 2.45) is 5.73 Å². The summed E-state index contributed by atoms with van der Waals surface area (Å²) < 4.78 is 2.00. The number of aryl methyl sites for hydroxylation is 1. The molecule has 3 heterocycles. The van der Waals surface area contributed by atoms with E-state index in [4.69, 9.17) is 5.73 Å². The van der Waals surface area contributed by atoms with Crippen LogP contribution in [-0.2, 0) is 13.1 Å². The van der Waals surface area contributed by atoms with Crippen LogP contribution in [0.4, 0.5) is 0 Å². The Labute approximate surface area is 97.8 Å². The van der Waals surface area contributed by atoms with Gasteiger partial charge in [0.2, 0.25) is 5.82 Å². The molecule has 17 heavy (non-hydrogen) atoms. The highest BCUT2D eigenvalue weighted by Crippen LogP contribution is 2.17. The molecule has 0 spiro atoms. The molecule has 2 aromatic rings. The maximum atomic E-state index is 5.69. The smallest absolute Gasteiger partial charge is 0.224 e. The second-order valence-corrected chi connectivity index (χ2v) is 4.07. The minimum atomic E-state index is 0.532. The van der Waals surface area contributed by atoms with E-state index in [-0.39, 0.29) is 0 Å². The SMILES string of the molecule is NCN1CCCn2nc(-c3nn[nH]n3)cc2C1. The van der Waals surface area contributed by atoms with E-state index in [0.29, 0.717) is 12.5 Å². The molecule has 0 saturated heterocycles. The highest BCUT2D eigenvalue weighted by Gasteiger charge is 2.17. The maximum absolute atomic E-state index is 5.69. The van der Waals surface area contributed by atoms with E-state index in [1.54, 1.807) is 0 Å². The molecule has 0 saturated carbocycles. The molecular weight excluding hydrogens is 220 g/mol. The summed E-state index contributed by atoms with van der Waals surface area (Å²) in [5.41, 5.74) is 7.59. The van der Waals surface area contributed by atoms with Gasteiger partial charge in [0.05, 0.1) is 5.69 Å². The lowest BCUT2D eigenvalue weighted by atomic mass is 10.3. The summed E-state index contributed by atoms with van der Waals surface area (Å²) in [4.78, 5) is 2.19. The second-order valence-electron chi connectivity index (χ2n) is 4.07. The molecule has 3 rings (SSSR count). The number of nitrogens with one attached hydrogen (secondary N) is 1. The van der Waals surface area contributed by atoms with Crippen LogP contribution < -0.4 is 5.73 Å². The van der Waals surface area contributed by atoms with Crippen LogP contribution in [0.15, 0.2) is 6.07 Å². The van der Waals surface area contributed by atoms with Crippen molar-refractivity contribution >= 4 is 0 Å². The number of hydrogen-bond acceptors (Lipinski definition) is 6. The predicted octanol–water partition coefficient (Wildman–Crippen LogP) is -0.815. The van der Waals surface area contributed by atoms with Gasteiger partial charge < -0.3 is 5.73 Å². The van der Waals surface area contributed by atoms with Crippen LogP contribution in [0.2, 0.25) is 0 Å². The average molecular weight is 234 g/mol. The molecule has 0 aliphatic carbocycles. The minimum absolute atomic E-state index is 0.532. The van der Waals surface area contributed by atoms with E-state index in [9.17, 15) is 0 Å². The van der Waals surface area contributed by atoms with Gasteiger partial charge in [-0.05, 0) is 17.7 Å². The molecule has 1 aliphatic rings. The Morgan fingerprint density at radius 3 is 3.12 bits per heavy atom. The van der Waals surface area contributed by atoms with Crippen LogP contribution in [0.3, 0.4) is 0 Å². The molecule has 1 aliphatic heterocycles. The van der Waals surface area contributed by atoms with Crippen molar-refractivity contribution in [2.75, 3.05) is 13.2 Å². The maximum Gasteiger partial charge on any atom is 0.224 e. The first kappa shape index (κ1) is 10.4. The minimum Gasteiger partial charge on any atom is -0.318 e. The number of tetrazole rings is 1. The standard InChI is InChI=1S/C9H14N8/c10-6-16-2-1-3-17-7(5-16)4-8(13-17)9-11-14-15-12-9/h4H,1-3,5-6,10H2,(H,11,12,14,15). The van der Waals surface area contributed by atoms with Crippen molar-refractivity contribution in [3.8, 4) is 11.5 Å². The highest BCUT2D eigenvalue weighted by atomic mass is 15.5. The Morgan fingerprint density at radius 1 is 1.41 bits per heavy atom. The first-order valence-corrected chi connectivity index (χ1v) is 5.60. The molecule has 0 unspecified atom stereocenters. The lowest BCUT2D eigenvalue weighted by Crippen LogP contribution is -2.29.